The molecule has 250 valence electrons. The van der Waals surface area contributed by atoms with Crippen LogP contribution in [0.15, 0.2) is 72.8 Å². The molecule has 3 aromatic carbocycles. The molecule has 11 heteroatoms. The number of piperazine rings is 2. The van der Waals surface area contributed by atoms with Crippen molar-refractivity contribution in [2.75, 3.05) is 65.4 Å². The summed E-state index contributed by atoms with van der Waals surface area (Å²) in [6.45, 7) is 14.0. The molecule has 3 aromatic rings. The van der Waals surface area contributed by atoms with Crippen LogP contribution in [0.2, 0.25) is 0 Å². The Morgan fingerprint density at radius 1 is 0.667 bits per heavy atom. The van der Waals surface area contributed by atoms with Gasteiger partial charge in [0.15, 0.2) is 5.78 Å². The quantitative estimate of drug-likeness (QED) is 0.207. The molecule has 1 unspecified atom stereocenters. The lowest BCUT2D eigenvalue weighted by Gasteiger charge is -2.43. The molecule has 0 aromatic heterocycles. The molecule has 0 amide bonds. The molecule has 5 rings (SSSR count). The topological polar surface area (TPSA) is 30.0 Å². The Kier molecular flexibility index (Phi) is 18.1. The maximum atomic E-state index is 13.7. The molecule has 0 saturated carbocycles. The highest BCUT2D eigenvalue weighted by Gasteiger charge is 2.29. The van der Waals surface area contributed by atoms with Crippen LogP contribution in [-0.2, 0) is 0 Å². The lowest BCUT2D eigenvalue weighted by Crippen LogP contribution is -2.53. The van der Waals surface area contributed by atoms with Gasteiger partial charge in [-0.1, -0.05) is 48.5 Å². The van der Waals surface area contributed by atoms with Gasteiger partial charge in [-0.15, -0.1) is 49.6 Å². The Morgan fingerprint density at radius 2 is 1.18 bits per heavy atom. The first-order valence-electron chi connectivity index (χ1n) is 14.9. The van der Waals surface area contributed by atoms with Crippen molar-refractivity contribution in [1.82, 2.24) is 19.6 Å². The molecule has 2 aliphatic rings. The first kappa shape index (κ1) is 41.2. The molecule has 0 bridgehead atoms. The second kappa shape index (κ2) is 19.8. The highest BCUT2D eigenvalue weighted by atomic mass is 35.5. The van der Waals surface area contributed by atoms with Gasteiger partial charge in [0.1, 0.15) is 11.6 Å². The molecule has 1 atom stereocenters. The maximum absolute atomic E-state index is 13.7. The average molecular weight is 707 g/mol. The standard InChI is InChI=1S/C34H42F2N4O.4ClH/c1-26(2)39-21-23-40(24-22-39)33(28-9-13-30(36)14-10-28)25-38-19-17-37(18-20-38)16-15-34(41)32-6-4-3-5-31(32)27-7-11-29(35)12-8-27;;;;/h3-14,26,33H,15-25H2,1-2H3;4*1H. The van der Waals surface area contributed by atoms with Gasteiger partial charge in [0.05, 0.1) is 0 Å². The number of Topliss-reactive ketones (excluding diaryl/α,β-unsaturated/α-hetero) is 1. The zero-order valence-electron chi connectivity index (χ0n) is 25.9. The first-order valence-corrected chi connectivity index (χ1v) is 14.9. The minimum atomic E-state index is -0.283. The zero-order valence-corrected chi connectivity index (χ0v) is 29.2. The molecule has 0 N–H and O–H groups in total. The Labute approximate surface area is 292 Å². The second-order valence-electron chi connectivity index (χ2n) is 11.6. The third-order valence-corrected chi connectivity index (χ3v) is 8.71. The van der Waals surface area contributed by atoms with Gasteiger partial charge in [-0.2, -0.15) is 0 Å². The average Bonchev–Trinajstić information content (AvgIpc) is 3.00. The molecule has 0 radical (unpaired) electrons. The molecular formula is C34H46Cl4F2N4O. The lowest BCUT2D eigenvalue weighted by atomic mass is 9.96. The van der Waals surface area contributed by atoms with Gasteiger partial charge in [-0.3, -0.25) is 19.5 Å². The van der Waals surface area contributed by atoms with Crippen molar-refractivity contribution in [2.45, 2.75) is 32.4 Å². The molecule has 2 saturated heterocycles. The number of halogens is 6. The van der Waals surface area contributed by atoms with Crippen LogP contribution in [-0.4, -0.2) is 96.9 Å². The van der Waals surface area contributed by atoms with Gasteiger partial charge in [0.25, 0.3) is 0 Å². The van der Waals surface area contributed by atoms with Crippen LogP contribution in [0.4, 0.5) is 8.78 Å². The zero-order chi connectivity index (χ0) is 28.8. The fourth-order valence-corrected chi connectivity index (χ4v) is 6.12. The fourth-order valence-electron chi connectivity index (χ4n) is 6.12. The number of hydrogen-bond acceptors (Lipinski definition) is 5. The Bertz CT molecular complexity index is 1280. The fraction of sp³-hybridized carbons (Fsp3) is 0.441. The third-order valence-electron chi connectivity index (χ3n) is 8.71. The Balaban J connectivity index is 0.00000253. The summed E-state index contributed by atoms with van der Waals surface area (Å²) in [5.74, 6) is -0.362. The number of carbonyl (C=O) groups is 1. The van der Waals surface area contributed by atoms with E-state index in [0.29, 0.717) is 18.0 Å². The second-order valence-corrected chi connectivity index (χ2v) is 11.6. The van der Waals surface area contributed by atoms with Crippen LogP contribution in [0.3, 0.4) is 0 Å². The first-order chi connectivity index (χ1) is 19.9. The predicted molar refractivity (Wildman–Crippen MR) is 190 cm³/mol. The van der Waals surface area contributed by atoms with Gasteiger partial charge < -0.3 is 4.90 Å². The summed E-state index contributed by atoms with van der Waals surface area (Å²) < 4.78 is 27.1. The number of carbonyl (C=O) groups excluding carboxylic acids is 1. The summed E-state index contributed by atoms with van der Waals surface area (Å²) in [4.78, 5) is 23.2. The van der Waals surface area contributed by atoms with Gasteiger partial charge in [0.2, 0.25) is 0 Å². The molecule has 2 fully saturated rings. The number of ketones is 1. The van der Waals surface area contributed by atoms with Crippen LogP contribution in [0, 0.1) is 11.6 Å². The van der Waals surface area contributed by atoms with E-state index in [1.54, 1.807) is 24.3 Å². The van der Waals surface area contributed by atoms with E-state index in [1.807, 2.05) is 36.4 Å². The summed E-state index contributed by atoms with van der Waals surface area (Å²) in [7, 11) is 0. The Morgan fingerprint density at radius 3 is 1.76 bits per heavy atom. The minimum absolute atomic E-state index is 0. The maximum Gasteiger partial charge on any atom is 0.164 e. The highest BCUT2D eigenvalue weighted by molar-refractivity contribution is 6.02. The van der Waals surface area contributed by atoms with E-state index in [0.717, 1.165) is 76.6 Å². The van der Waals surface area contributed by atoms with Crippen molar-refractivity contribution in [2.24, 2.45) is 0 Å². The van der Waals surface area contributed by atoms with E-state index in [4.69, 9.17) is 0 Å². The van der Waals surface area contributed by atoms with E-state index in [9.17, 15) is 13.6 Å². The van der Waals surface area contributed by atoms with E-state index in [-0.39, 0.29) is 73.1 Å². The minimum Gasteiger partial charge on any atom is -0.300 e. The normalized spacial score (nSPS) is 16.9. The van der Waals surface area contributed by atoms with E-state index in [1.165, 1.54) is 17.7 Å². The molecule has 45 heavy (non-hydrogen) atoms. The summed E-state index contributed by atoms with van der Waals surface area (Å²) in [5, 5.41) is 0. The Hall–Kier alpha value is -1.81. The van der Waals surface area contributed by atoms with Crippen molar-refractivity contribution < 1.29 is 13.6 Å². The van der Waals surface area contributed by atoms with Crippen LogP contribution in [0.25, 0.3) is 11.1 Å². The van der Waals surface area contributed by atoms with Gasteiger partial charge >= 0.3 is 0 Å². The highest BCUT2D eigenvalue weighted by Crippen LogP contribution is 2.27. The number of hydrogen-bond donors (Lipinski definition) is 0. The summed E-state index contributed by atoms with van der Waals surface area (Å²) in [6, 6.07) is 21.8. The number of nitrogens with zero attached hydrogens (tertiary/aromatic N) is 4. The van der Waals surface area contributed by atoms with Crippen LogP contribution >= 0.6 is 49.6 Å². The monoisotopic (exact) mass is 704 g/mol. The van der Waals surface area contributed by atoms with Crippen LogP contribution in [0.5, 0.6) is 0 Å². The van der Waals surface area contributed by atoms with Gasteiger partial charge in [-0.25, -0.2) is 8.78 Å². The largest absolute Gasteiger partial charge is 0.300 e. The summed E-state index contributed by atoms with van der Waals surface area (Å²) in [6.07, 6.45) is 0.455. The third kappa shape index (κ3) is 11.1. The van der Waals surface area contributed by atoms with Crippen molar-refractivity contribution in [1.29, 1.82) is 0 Å². The van der Waals surface area contributed by atoms with Crippen LogP contribution < -0.4 is 0 Å². The molecule has 0 aliphatic carbocycles. The molecular weight excluding hydrogens is 660 g/mol. The van der Waals surface area contributed by atoms with Crippen molar-refractivity contribution >= 4 is 55.4 Å². The van der Waals surface area contributed by atoms with Gasteiger partial charge in [0, 0.05) is 89.5 Å². The van der Waals surface area contributed by atoms with Crippen molar-refractivity contribution in [3.05, 3.63) is 95.6 Å². The molecule has 2 aliphatic heterocycles. The van der Waals surface area contributed by atoms with Crippen molar-refractivity contribution in [3.63, 3.8) is 0 Å². The predicted octanol–water partition coefficient (Wildman–Crippen LogP) is 7.28. The lowest BCUT2D eigenvalue weighted by molar-refractivity contribution is 0.0478. The van der Waals surface area contributed by atoms with Crippen LogP contribution in [0.1, 0.15) is 42.2 Å². The van der Waals surface area contributed by atoms with E-state index >= 15 is 0 Å². The SMILES string of the molecule is CC(C)N1CCN(C(CN2CCN(CCC(=O)c3ccccc3-c3ccc(F)cc3)CC2)c2ccc(F)cc2)CC1.Cl.Cl.Cl.Cl. The molecule has 2 heterocycles. The summed E-state index contributed by atoms with van der Waals surface area (Å²) >= 11 is 0. The molecule has 0 spiro atoms. The summed E-state index contributed by atoms with van der Waals surface area (Å²) in [5.41, 5.74) is 3.57. The number of rotatable bonds is 10. The van der Waals surface area contributed by atoms with E-state index < -0.39 is 0 Å². The van der Waals surface area contributed by atoms with E-state index in [2.05, 4.69) is 33.4 Å². The van der Waals surface area contributed by atoms with Crippen molar-refractivity contribution in [3.8, 4) is 11.1 Å². The molecule has 5 nitrogen and oxygen atoms in total. The van der Waals surface area contributed by atoms with Gasteiger partial charge in [-0.05, 0) is 54.8 Å². The number of benzene rings is 3. The smallest absolute Gasteiger partial charge is 0.164 e.